The van der Waals surface area contributed by atoms with Crippen molar-refractivity contribution >= 4 is 5.69 Å². The molecule has 2 N–H and O–H groups in total. The van der Waals surface area contributed by atoms with E-state index in [1.807, 2.05) is 12.4 Å². The summed E-state index contributed by atoms with van der Waals surface area (Å²) in [6.45, 7) is 16.6. The lowest BCUT2D eigenvalue weighted by molar-refractivity contribution is 0.304. The molecule has 1 aromatic rings. The molecule has 0 saturated heterocycles. The van der Waals surface area contributed by atoms with Crippen LogP contribution < -0.4 is 10.6 Å². The molecule has 0 aliphatic rings. The summed E-state index contributed by atoms with van der Waals surface area (Å²) in [5.74, 6) is 2.75. The van der Waals surface area contributed by atoms with Crippen molar-refractivity contribution in [1.82, 2.24) is 10.3 Å². The summed E-state index contributed by atoms with van der Waals surface area (Å²) in [5, 5.41) is 7.13. The monoisotopic (exact) mass is 291 g/mol. The molecule has 21 heavy (non-hydrogen) atoms. The molecule has 0 radical (unpaired) electrons. The van der Waals surface area contributed by atoms with E-state index < -0.39 is 0 Å². The SMILES string of the molecule is CC(C)CNCc1cnccc1NCC(C(C)C)C(C)C. The highest BCUT2D eigenvalue weighted by molar-refractivity contribution is 5.49. The maximum Gasteiger partial charge on any atom is 0.0416 e. The highest BCUT2D eigenvalue weighted by Gasteiger charge is 2.17. The minimum absolute atomic E-state index is 0.671. The van der Waals surface area contributed by atoms with Crippen LogP contribution in [-0.2, 0) is 6.54 Å². The van der Waals surface area contributed by atoms with Crippen molar-refractivity contribution in [3.05, 3.63) is 24.0 Å². The zero-order valence-electron chi connectivity index (χ0n) is 14.6. The van der Waals surface area contributed by atoms with Gasteiger partial charge in [-0.3, -0.25) is 4.98 Å². The summed E-state index contributed by atoms with van der Waals surface area (Å²) in [7, 11) is 0. The molecule has 0 aliphatic carbocycles. The second kappa shape index (κ2) is 9.04. The van der Waals surface area contributed by atoms with Gasteiger partial charge in [0, 0.05) is 36.7 Å². The predicted molar refractivity (Wildman–Crippen MR) is 92.4 cm³/mol. The summed E-state index contributed by atoms with van der Waals surface area (Å²) in [4.78, 5) is 4.26. The van der Waals surface area contributed by atoms with Crippen molar-refractivity contribution in [3.8, 4) is 0 Å². The second-order valence-corrected chi connectivity index (χ2v) is 7.09. The molecule has 3 heteroatoms. The summed E-state index contributed by atoms with van der Waals surface area (Å²) in [6, 6.07) is 2.09. The lowest BCUT2D eigenvalue weighted by atomic mass is 9.85. The van der Waals surface area contributed by atoms with E-state index >= 15 is 0 Å². The summed E-state index contributed by atoms with van der Waals surface area (Å²) >= 11 is 0. The van der Waals surface area contributed by atoms with Crippen LogP contribution in [0.25, 0.3) is 0 Å². The lowest BCUT2D eigenvalue weighted by Gasteiger charge is -2.26. The molecular weight excluding hydrogens is 258 g/mol. The number of anilines is 1. The van der Waals surface area contributed by atoms with Crippen molar-refractivity contribution < 1.29 is 0 Å². The van der Waals surface area contributed by atoms with Gasteiger partial charge < -0.3 is 10.6 Å². The highest BCUT2D eigenvalue weighted by Crippen LogP contribution is 2.22. The van der Waals surface area contributed by atoms with Crippen LogP contribution >= 0.6 is 0 Å². The first-order chi connectivity index (χ1) is 9.91. The van der Waals surface area contributed by atoms with Gasteiger partial charge in [0.25, 0.3) is 0 Å². The van der Waals surface area contributed by atoms with Crippen molar-refractivity contribution in [2.24, 2.45) is 23.7 Å². The van der Waals surface area contributed by atoms with E-state index in [2.05, 4.69) is 63.2 Å². The molecule has 3 nitrogen and oxygen atoms in total. The number of hydrogen-bond donors (Lipinski definition) is 2. The Morgan fingerprint density at radius 1 is 1.00 bits per heavy atom. The molecule has 0 fully saturated rings. The third kappa shape index (κ3) is 6.47. The molecule has 1 aromatic heterocycles. The smallest absolute Gasteiger partial charge is 0.0416 e. The van der Waals surface area contributed by atoms with Gasteiger partial charge in [-0.25, -0.2) is 0 Å². The maximum atomic E-state index is 4.26. The van der Waals surface area contributed by atoms with Gasteiger partial charge in [0.05, 0.1) is 0 Å². The summed E-state index contributed by atoms with van der Waals surface area (Å²) < 4.78 is 0. The molecule has 0 aliphatic heterocycles. The van der Waals surface area contributed by atoms with Gasteiger partial charge in [0.1, 0.15) is 0 Å². The van der Waals surface area contributed by atoms with E-state index in [1.165, 1.54) is 11.3 Å². The largest absolute Gasteiger partial charge is 0.384 e. The third-order valence-electron chi connectivity index (χ3n) is 4.01. The minimum Gasteiger partial charge on any atom is -0.384 e. The highest BCUT2D eigenvalue weighted by atomic mass is 14.9. The average Bonchev–Trinajstić information content (AvgIpc) is 2.39. The molecule has 0 atom stereocenters. The molecule has 1 heterocycles. The van der Waals surface area contributed by atoms with E-state index in [0.29, 0.717) is 23.7 Å². The Hall–Kier alpha value is -1.09. The quantitative estimate of drug-likeness (QED) is 0.717. The van der Waals surface area contributed by atoms with Gasteiger partial charge in [-0.1, -0.05) is 41.5 Å². The van der Waals surface area contributed by atoms with E-state index in [1.54, 1.807) is 0 Å². The fraction of sp³-hybridized carbons (Fsp3) is 0.722. The Bertz CT molecular complexity index is 391. The normalized spacial score (nSPS) is 11.9. The van der Waals surface area contributed by atoms with E-state index in [-0.39, 0.29) is 0 Å². The molecular formula is C18H33N3. The van der Waals surface area contributed by atoms with Crippen LogP contribution in [0.3, 0.4) is 0 Å². The fourth-order valence-electron chi connectivity index (χ4n) is 2.71. The predicted octanol–water partition coefficient (Wildman–Crippen LogP) is 4.17. The Kier molecular flexibility index (Phi) is 7.73. The van der Waals surface area contributed by atoms with Crippen LogP contribution in [0.1, 0.15) is 47.1 Å². The van der Waals surface area contributed by atoms with Crippen molar-refractivity contribution in [3.63, 3.8) is 0 Å². The van der Waals surface area contributed by atoms with Crippen LogP contribution in [0.15, 0.2) is 18.5 Å². The Morgan fingerprint density at radius 3 is 2.24 bits per heavy atom. The van der Waals surface area contributed by atoms with Crippen molar-refractivity contribution in [1.29, 1.82) is 0 Å². The van der Waals surface area contributed by atoms with Crippen molar-refractivity contribution in [2.45, 2.75) is 48.1 Å². The molecule has 0 unspecified atom stereocenters. The molecule has 0 spiro atoms. The Labute approximate surface area is 130 Å². The standard InChI is InChI=1S/C18H33N3/c1-13(2)9-20-11-16-10-19-8-7-18(16)21-12-17(14(3)4)15(5)6/h7-8,10,13-15,17,20H,9,11-12H2,1-6H3,(H,19,21). The lowest BCUT2D eigenvalue weighted by Crippen LogP contribution is -2.25. The first kappa shape index (κ1) is 18.0. The molecule has 0 amide bonds. The van der Waals surface area contributed by atoms with Crippen LogP contribution in [0.4, 0.5) is 5.69 Å². The van der Waals surface area contributed by atoms with Crippen molar-refractivity contribution in [2.75, 3.05) is 18.4 Å². The first-order valence-electron chi connectivity index (χ1n) is 8.29. The zero-order chi connectivity index (χ0) is 15.8. The van der Waals surface area contributed by atoms with Crippen LogP contribution in [0.5, 0.6) is 0 Å². The number of aromatic nitrogens is 1. The summed E-state index contributed by atoms with van der Waals surface area (Å²) in [5.41, 5.74) is 2.47. The maximum absolute atomic E-state index is 4.26. The van der Waals surface area contributed by atoms with Gasteiger partial charge in [-0.15, -0.1) is 0 Å². The molecule has 1 rings (SSSR count). The van der Waals surface area contributed by atoms with E-state index in [0.717, 1.165) is 19.6 Å². The van der Waals surface area contributed by atoms with Crippen LogP contribution in [0, 0.1) is 23.7 Å². The first-order valence-corrected chi connectivity index (χ1v) is 8.29. The fourth-order valence-corrected chi connectivity index (χ4v) is 2.71. The zero-order valence-corrected chi connectivity index (χ0v) is 14.6. The average molecular weight is 291 g/mol. The Morgan fingerprint density at radius 2 is 1.67 bits per heavy atom. The molecule has 0 bridgehead atoms. The van der Waals surface area contributed by atoms with Crippen LogP contribution in [-0.4, -0.2) is 18.1 Å². The molecule has 0 aromatic carbocycles. The van der Waals surface area contributed by atoms with Gasteiger partial charge >= 0.3 is 0 Å². The Balaban J connectivity index is 2.61. The molecule has 0 saturated carbocycles. The number of hydrogen-bond acceptors (Lipinski definition) is 3. The third-order valence-corrected chi connectivity index (χ3v) is 4.01. The van der Waals surface area contributed by atoms with Gasteiger partial charge in [-0.05, 0) is 36.3 Å². The van der Waals surface area contributed by atoms with Gasteiger partial charge in [-0.2, -0.15) is 0 Å². The van der Waals surface area contributed by atoms with E-state index in [4.69, 9.17) is 0 Å². The topological polar surface area (TPSA) is 37.0 Å². The second-order valence-electron chi connectivity index (χ2n) is 7.09. The summed E-state index contributed by atoms with van der Waals surface area (Å²) in [6.07, 6.45) is 3.84. The van der Waals surface area contributed by atoms with Crippen LogP contribution in [0.2, 0.25) is 0 Å². The van der Waals surface area contributed by atoms with Gasteiger partial charge in [0.15, 0.2) is 0 Å². The number of pyridine rings is 1. The minimum atomic E-state index is 0.671. The number of nitrogens with one attached hydrogen (secondary N) is 2. The van der Waals surface area contributed by atoms with Gasteiger partial charge in [0.2, 0.25) is 0 Å². The number of rotatable bonds is 9. The van der Waals surface area contributed by atoms with E-state index in [9.17, 15) is 0 Å². The number of nitrogens with zero attached hydrogens (tertiary/aromatic N) is 1. The molecule has 120 valence electrons.